The Kier molecular flexibility index (Phi) is 5.11. The second kappa shape index (κ2) is 6.16. The van der Waals surface area contributed by atoms with E-state index in [-0.39, 0.29) is 34.3 Å². The van der Waals surface area contributed by atoms with Crippen molar-refractivity contribution in [3.05, 3.63) is 28.0 Å². The monoisotopic (exact) mass is 274 g/mol. The van der Waals surface area contributed by atoms with Gasteiger partial charge in [0.25, 0.3) is 0 Å². The number of hydrogen-bond acceptors (Lipinski definition) is 3. The first-order valence-corrected chi connectivity index (χ1v) is 6.15. The molecule has 0 amide bonds. The smallest absolute Gasteiger partial charge is 0.163 e. The molecular formula is C13H16ClFO3. The molecule has 5 heteroatoms. The van der Waals surface area contributed by atoms with Gasteiger partial charge in [-0.05, 0) is 26.3 Å². The standard InChI is InChI=1S/C13H16ClFO3/c1-4-10(17)11-12(15)9(14)6-8(7(3)16)13(11)18-5-2/h6,10,17H,4-5H2,1-3H3. The Hall–Kier alpha value is -1.13. The zero-order chi connectivity index (χ0) is 13.9. The third-order valence-corrected chi connectivity index (χ3v) is 2.87. The number of rotatable bonds is 5. The van der Waals surface area contributed by atoms with Crippen LogP contribution in [0, 0.1) is 5.82 Å². The molecule has 0 saturated carbocycles. The lowest BCUT2D eigenvalue weighted by Gasteiger charge is -2.18. The van der Waals surface area contributed by atoms with Gasteiger partial charge in [-0.3, -0.25) is 4.79 Å². The van der Waals surface area contributed by atoms with E-state index in [1.165, 1.54) is 13.0 Å². The quantitative estimate of drug-likeness (QED) is 0.836. The van der Waals surface area contributed by atoms with Gasteiger partial charge in [-0.25, -0.2) is 4.39 Å². The van der Waals surface area contributed by atoms with Crippen LogP contribution in [0.4, 0.5) is 4.39 Å². The molecule has 0 radical (unpaired) electrons. The number of ether oxygens (including phenoxy) is 1. The molecule has 0 aliphatic heterocycles. The van der Waals surface area contributed by atoms with E-state index in [1.807, 2.05) is 0 Å². The normalized spacial score (nSPS) is 12.3. The lowest BCUT2D eigenvalue weighted by atomic mass is 9.99. The SMILES string of the molecule is CCOc1c(C(C)=O)cc(Cl)c(F)c1C(O)CC. The molecule has 0 bridgehead atoms. The molecule has 1 aromatic rings. The third-order valence-electron chi connectivity index (χ3n) is 2.59. The fourth-order valence-electron chi connectivity index (χ4n) is 1.69. The van der Waals surface area contributed by atoms with Crippen molar-refractivity contribution in [2.75, 3.05) is 6.61 Å². The van der Waals surface area contributed by atoms with E-state index in [0.717, 1.165) is 0 Å². The van der Waals surface area contributed by atoms with Crippen molar-refractivity contribution in [1.82, 2.24) is 0 Å². The molecular weight excluding hydrogens is 259 g/mol. The molecule has 18 heavy (non-hydrogen) atoms. The highest BCUT2D eigenvalue weighted by molar-refractivity contribution is 6.31. The molecule has 3 nitrogen and oxygen atoms in total. The summed E-state index contributed by atoms with van der Waals surface area (Å²) in [5.41, 5.74) is 0.141. The highest BCUT2D eigenvalue weighted by atomic mass is 35.5. The second-order valence-electron chi connectivity index (χ2n) is 3.88. The van der Waals surface area contributed by atoms with Crippen LogP contribution in [-0.2, 0) is 0 Å². The molecule has 0 aliphatic rings. The summed E-state index contributed by atoms with van der Waals surface area (Å²) in [6.07, 6.45) is -0.752. The number of Topliss-reactive ketones (excluding diaryl/α,β-unsaturated/α-hetero) is 1. The van der Waals surface area contributed by atoms with Crippen molar-refractivity contribution in [1.29, 1.82) is 0 Å². The number of hydrogen-bond donors (Lipinski definition) is 1. The number of ketones is 1. The number of halogens is 2. The van der Waals surface area contributed by atoms with Crippen molar-refractivity contribution in [2.45, 2.75) is 33.3 Å². The number of carbonyl (C=O) groups is 1. The maximum Gasteiger partial charge on any atom is 0.163 e. The molecule has 0 heterocycles. The summed E-state index contributed by atoms with van der Waals surface area (Å²) < 4.78 is 19.3. The molecule has 0 aliphatic carbocycles. The van der Waals surface area contributed by atoms with E-state index >= 15 is 0 Å². The van der Waals surface area contributed by atoms with Crippen molar-refractivity contribution in [3.8, 4) is 5.75 Å². The summed E-state index contributed by atoms with van der Waals surface area (Å²) in [4.78, 5) is 11.5. The third kappa shape index (κ3) is 2.82. The fourth-order valence-corrected chi connectivity index (χ4v) is 1.90. The van der Waals surface area contributed by atoms with Crippen LogP contribution in [0.2, 0.25) is 5.02 Å². The number of benzene rings is 1. The summed E-state index contributed by atoms with van der Waals surface area (Å²) in [5.74, 6) is -0.939. The maximum absolute atomic E-state index is 14.0. The summed E-state index contributed by atoms with van der Waals surface area (Å²) in [5, 5.41) is 9.67. The predicted octanol–water partition coefficient (Wildman–Crippen LogP) is 3.52. The van der Waals surface area contributed by atoms with Crippen LogP contribution < -0.4 is 4.74 Å². The maximum atomic E-state index is 14.0. The zero-order valence-corrected chi connectivity index (χ0v) is 11.3. The molecule has 1 aromatic carbocycles. The van der Waals surface area contributed by atoms with Crippen LogP contribution in [0.3, 0.4) is 0 Å². The number of carbonyl (C=O) groups excluding carboxylic acids is 1. The number of aliphatic hydroxyl groups is 1. The van der Waals surface area contributed by atoms with Crippen molar-refractivity contribution in [3.63, 3.8) is 0 Å². The highest BCUT2D eigenvalue weighted by Gasteiger charge is 2.25. The molecule has 100 valence electrons. The Morgan fingerprint density at radius 1 is 1.56 bits per heavy atom. The number of aliphatic hydroxyl groups excluding tert-OH is 1. The summed E-state index contributed by atoms with van der Waals surface area (Å²) in [7, 11) is 0. The summed E-state index contributed by atoms with van der Waals surface area (Å²) >= 11 is 5.74. The van der Waals surface area contributed by atoms with E-state index in [2.05, 4.69) is 0 Å². The van der Waals surface area contributed by atoms with Crippen LogP contribution in [-0.4, -0.2) is 17.5 Å². The van der Waals surface area contributed by atoms with Gasteiger partial charge in [0.05, 0.1) is 28.9 Å². The van der Waals surface area contributed by atoms with Gasteiger partial charge in [0.15, 0.2) is 11.6 Å². The van der Waals surface area contributed by atoms with Crippen molar-refractivity contribution >= 4 is 17.4 Å². The topological polar surface area (TPSA) is 46.5 Å². The van der Waals surface area contributed by atoms with E-state index in [4.69, 9.17) is 16.3 Å². The average molecular weight is 275 g/mol. The summed E-state index contributed by atoms with van der Waals surface area (Å²) in [6.45, 7) is 5.03. The van der Waals surface area contributed by atoms with Crippen LogP contribution in [0.25, 0.3) is 0 Å². The Labute approximate surface area is 111 Å². The van der Waals surface area contributed by atoms with E-state index in [1.54, 1.807) is 13.8 Å². The Morgan fingerprint density at radius 2 is 2.17 bits per heavy atom. The van der Waals surface area contributed by atoms with Crippen molar-refractivity contribution in [2.24, 2.45) is 0 Å². The minimum atomic E-state index is -1.05. The predicted molar refractivity (Wildman–Crippen MR) is 67.8 cm³/mol. The van der Waals surface area contributed by atoms with Gasteiger partial charge in [-0.2, -0.15) is 0 Å². The first kappa shape index (κ1) is 14.9. The Morgan fingerprint density at radius 3 is 2.61 bits per heavy atom. The van der Waals surface area contributed by atoms with Gasteiger partial charge < -0.3 is 9.84 Å². The molecule has 1 atom stereocenters. The Balaban J connectivity index is 3.57. The molecule has 0 saturated heterocycles. The second-order valence-corrected chi connectivity index (χ2v) is 4.28. The molecule has 1 N–H and O–H groups in total. The van der Waals surface area contributed by atoms with Gasteiger partial charge in [-0.1, -0.05) is 18.5 Å². The van der Waals surface area contributed by atoms with Crippen LogP contribution >= 0.6 is 11.6 Å². The fraction of sp³-hybridized carbons (Fsp3) is 0.462. The first-order chi connectivity index (χ1) is 8.43. The van der Waals surface area contributed by atoms with Gasteiger partial charge in [0.1, 0.15) is 5.75 Å². The highest BCUT2D eigenvalue weighted by Crippen LogP contribution is 2.37. The molecule has 1 rings (SSSR count). The van der Waals surface area contributed by atoms with E-state index in [0.29, 0.717) is 6.42 Å². The minimum absolute atomic E-state index is 0.0444. The van der Waals surface area contributed by atoms with Crippen LogP contribution in [0.1, 0.15) is 49.2 Å². The molecule has 0 spiro atoms. The van der Waals surface area contributed by atoms with Gasteiger partial charge in [0, 0.05) is 0 Å². The molecule has 1 unspecified atom stereocenters. The first-order valence-electron chi connectivity index (χ1n) is 5.77. The largest absolute Gasteiger partial charge is 0.493 e. The van der Waals surface area contributed by atoms with Crippen LogP contribution in [0.15, 0.2) is 6.07 Å². The van der Waals surface area contributed by atoms with E-state index < -0.39 is 11.9 Å². The summed E-state index contributed by atoms with van der Waals surface area (Å²) in [6, 6.07) is 1.23. The zero-order valence-electron chi connectivity index (χ0n) is 10.6. The Bertz CT molecular complexity index is 460. The lowest BCUT2D eigenvalue weighted by molar-refractivity contribution is 0.101. The minimum Gasteiger partial charge on any atom is -0.493 e. The lowest BCUT2D eigenvalue weighted by Crippen LogP contribution is -2.10. The van der Waals surface area contributed by atoms with Gasteiger partial charge >= 0.3 is 0 Å². The van der Waals surface area contributed by atoms with Gasteiger partial charge in [0.2, 0.25) is 0 Å². The van der Waals surface area contributed by atoms with E-state index in [9.17, 15) is 14.3 Å². The van der Waals surface area contributed by atoms with Crippen molar-refractivity contribution < 1.29 is 19.0 Å². The van der Waals surface area contributed by atoms with Gasteiger partial charge in [-0.15, -0.1) is 0 Å². The molecule has 0 fully saturated rings. The molecule has 0 aromatic heterocycles. The van der Waals surface area contributed by atoms with Crippen LogP contribution in [0.5, 0.6) is 5.75 Å². The average Bonchev–Trinajstić information content (AvgIpc) is 2.33.